The Labute approximate surface area is 193 Å². The van der Waals surface area contributed by atoms with E-state index in [9.17, 15) is 19.5 Å². The maximum absolute atomic E-state index is 13.2. The van der Waals surface area contributed by atoms with Crippen LogP contribution in [0.25, 0.3) is 11.1 Å². The number of carbonyl (C=O) groups excluding carboxylic acids is 2. The normalized spacial score (nSPS) is 18.8. The van der Waals surface area contributed by atoms with Crippen LogP contribution in [0.5, 0.6) is 0 Å². The highest BCUT2D eigenvalue weighted by molar-refractivity contribution is 5.90. The number of rotatable bonds is 7. The smallest absolute Gasteiger partial charge is 0.407 e. The lowest BCUT2D eigenvalue weighted by molar-refractivity contribution is -0.149. The zero-order chi connectivity index (χ0) is 23.5. The number of nitrogens with zero attached hydrogens (tertiary/aromatic N) is 1. The van der Waals surface area contributed by atoms with Gasteiger partial charge < -0.3 is 20.1 Å². The molecule has 7 heteroatoms. The van der Waals surface area contributed by atoms with Crippen LogP contribution in [-0.2, 0) is 14.3 Å². The number of carbonyl (C=O) groups is 3. The lowest BCUT2D eigenvalue weighted by atomic mass is 9.97. The van der Waals surface area contributed by atoms with Crippen molar-refractivity contribution in [3.05, 3.63) is 59.7 Å². The minimum Gasteiger partial charge on any atom is -0.480 e. The number of aliphatic carboxylic acids is 1. The minimum atomic E-state index is -1.01. The maximum Gasteiger partial charge on any atom is 0.407 e. The van der Waals surface area contributed by atoms with Gasteiger partial charge in [0, 0.05) is 12.5 Å². The van der Waals surface area contributed by atoms with Crippen LogP contribution in [0.4, 0.5) is 4.79 Å². The van der Waals surface area contributed by atoms with Gasteiger partial charge in [-0.25, -0.2) is 9.59 Å². The van der Waals surface area contributed by atoms with Crippen molar-refractivity contribution in [2.75, 3.05) is 13.2 Å². The summed E-state index contributed by atoms with van der Waals surface area (Å²) in [5, 5.41) is 12.2. The van der Waals surface area contributed by atoms with E-state index in [0.717, 1.165) is 22.3 Å². The maximum atomic E-state index is 13.2. The van der Waals surface area contributed by atoms with Crippen LogP contribution >= 0.6 is 0 Å². The van der Waals surface area contributed by atoms with Gasteiger partial charge in [0.2, 0.25) is 5.91 Å². The van der Waals surface area contributed by atoms with Crippen LogP contribution in [0, 0.1) is 5.92 Å². The fourth-order valence-corrected chi connectivity index (χ4v) is 4.92. The van der Waals surface area contributed by atoms with Crippen LogP contribution < -0.4 is 5.32 Å². The number of nitrogens with one attached hydrogen (secondary N) is 1. The molecule has 1 aliphatic carbocycles. The Kier molecular flexibility index (Phi) is 6.67. The number of benzene rings is 2. The Hall–Kier alpha value is -3.35. The highest BCUT2D eigenvalue weighted by atomic mass is 16.5. The number of hydrogen-bond acceptors (Lipinski definition) is 4. The first-order chi connectivity index (χ1) is 15.9. The summed E-state index contributed by atoms with van der Waals surface area (Å²) in [5.74, 6) is -1.60. The van der Waals surface area contributed by atoms with Crippen molar-refractivity contribution in [1.29, 1.82) is 0 Å². The van der Waals surface area contributed by atoms with Gasteiger partial charge in [0.05, 0.1) is 0 Å². The van der Waals surface area contributed by atoms with Crippen LogP contribution in [0.3, 0.4) is 0 Å². The molecular formula is C26H30N2O5. The second-order valence-corrected chi connectivity index (χ2v) is 8.86. The standard InChI is InChI=1S/C26H30N2O5/c1-3-16(2)23(24(29)28-14-8-13-22(28)25(30)31)27-26(32)33-15-21-19-11-6-4-9-17(19)18-10-5-7-12-20(18)21/h4-7,9-12,16,21-23H,3,8,13-15H2,1-2H3,(H,27,32)(H,30,31)/t16?,22-,23+/m1/s1. The van der Waals surface area contributed by atoms with Gasteiger partial charge in [-0.2, -0.15) is 0 Å². The van der Waals surface area contributed by atoms with Crippen molar-refractivity contribution in [3.8, 4) is 11.1 Å². The van der Waals surface area contributed by atoms with Crippen molar-refractivity contribution in [1.82, 2.24) is 10.2 Å². The Morgan fingerprint density at radius 2 is 1.70 bits per heavy atom. The number of likely N-dealkylation sites (tertiary alicyclic amines) is 1. The van der Waals surface area contributed by atoms with Crippen molar-refractivity contribution < 1.29 is 24.2 Å². The van der Waals surface area contributed by atoms with Crippen LogP contribution in [-0.4, -0.2) is 53.2 Å². The molecule has 4 rings (SSSR count). The van der Waals surface area contributed by atoms with Crippen LogP contribution in [0.2, 0.25) is 0 Å². The number of ether oxygens (including phenoxy) is 1. The highest BCUT2D eigenvalue weighted by Crippen LogP contribution is 2.44. The third kappa shape index (κ3) is 4.45. The molecule has 1 saturated heterocycles. The fraction of sp³-hybridized carbons (Fsp3) is 0.423. The third-order valence-electron chi connectivity index (χ3n) is 6.92. The molecule has 2 aromatic rings. The molecule has 1 aliphatic heterocycles. The Balaban J connectivity index is 1.46. The minimum absolute atomic E-state index is 0.0733. The largest absolute Gasteiger partial charge is 0.480 e. The van der Waals surface area contributed by atoms with Crippen LogP contribution in [0.15, 0.2) is 48.5 Å². The van der Waals surface area contributed by atoms with Gasteiger partial charge in [0.15, 0.2) is 0 Å². The SMILES string of the molecule is CCC(C)[C@H](NC(=O)OCC1c2ccccc2-c2ccccc21)C(=O)N1CCC[C@@H]1C(=O)O. The lowest BCUT2D eigenvalue weighted by Crippen LogP contribution is -2.54. The highest BCUT2D eigenvalue weighted by Gasteiger charge is 2.39. The molecule has 1 heterocycles. The van der Waals surface area contributed by atoms with Crippen LogP contribution in [0.1, 0.15) is 50.2 Å². The van der Waals surface area contributed by atoms with E-state index in [4.69, 9.17) is 4.74 Å². The van der Waals surface area contributed by atoms with Crippen molar-refractivity contribution in [2.24, 2.45) is 5.92 Å². The summed E-state index contributed by atoms with van der Waals surface area (Å²) >= 11 is 0. The van der Waals surface area contributed by atoms with Gasteiger partial charge in [-0.1, -0.05) is 68.8 Å². The molecule has 0 bridgehead atoms. The second kappa shape index (κ2) is 9.65. The molecule has 2 amide bonds. The molecule has 0 radical (unpaired) electrons. The number of alkyl carbamates (subject to hydrolysis) is 1. The zero-order valence-electron chi connectivity index (χ0n) is 19.0. The lowest BCUT2D eigenvalue weighted by Gasteiger charge is -2.30. The number of amides is 2. The van der Waals surface area contributed by atoms with Crippen molar-refractivity contribution in [3.63, 3.8) is 0 Å². The third-order valence-corrected chi connectivity index (χ3v) is 6.92. The Morgan fingerprint density at radius 1 is 1.09 bits per heavy atom. The molecule has 2 aromatic carbocycles. The van der Waals surface area contributed by atoms with Crippen molar-refractivity contribution >= 4 is 18.0 Å². The topological polar surface area (TPSA) is 95.9 Å². The first-order valence-electron chi connectivity index (χ1n) is 11.6. The molecule has 33 heavy (non-hydrogen) atoms. The van der Waals surface area contributed by atoms with Crippen molar-refractivity contribution in [2.45, 2.75) is 51.1 Å². The van der Waals surface area contributed by atoms with E-state index in [2.05, 4.69) is 17.4 Å². The van der Waals surface area contributed by atoms with E-state index < -0.39 is 24.1 Å². The zero-order valence-corrected chi connectivity index (χ0v) is 19.0. The summed E-state index contributed by atoms with van der Waals surface area (Å²) < 4.78 is 5.61. The predicted octanol–water partition coefficient (Wildman–Crippen LogP) is 4.02. The molecule has 174 valence electrons. The summed E-state index contributed by atoms with van der Waals surface area (Å²) in [6.45, 7) is 4.35. The summed E-state index contributed by atoms with van der Waals surface area (Å²) in [5.41, 5.74) is 4.51. The number of carboxylic acid groups (broad SMARTS) is 1. The number of hydrogen-bond donors (Lipinski definition) is 2. The molecule has 3 atom stereocenters. The van der Waals surface area contributed by atoms with Gasteiger partial charge in [-0.05, 0) is 41.0 Å². The molecule has 1 unspecified atom stereocenters. The Morgan fingerprint density at radius 3 is 2.27 bits per heavy atom. The summed E-state index contributed by atoms with van der Waals surface area (Å²) in [6.07, 6.45) is 1.06. The fourth-order valence-electron chi connectivity index (χ4n) is 4.92. The molecule has 0 saturated carbocycles. The van der Waals surface area contributed by atoms with Gasteiger partial charge in [-0.3, -0.25) is 4.79 Å². The molecular weight excluding hydrogens is 420 g/mol. The monoisotopic (exact) mass is 450 g/mol. The van der Waals surface area contributed by atoms with E-state index in [1.807, 2.05) is 50.2 Å². The molecule has 2 N–H and O–H groups in total. The van der Waals surface area contributed by atoms with E-state index in [0.29, 0.717) is 25.8 Å². The quantitative estimate of drug-likeness (QED) is 0.664. The van der Waals surface area contributed by atoms with Gasteiger partial charge in [0.1, 0.15) is 18.7 Å². The van der Waals surface area contributed by atoms with E-state index in [-0.39, 0.29) is 24.3 Å². The first-order valence-corrected chi connectivity index (χ1v) is 11.6. The van der Waals surface area contributed by atoms with Gasteiger partial charge in [-0.15, -0.1) is 0 Å². The predicted molar refractivity (Wildman–Crippen MR) is 124 cm³/mol. The molecule has 0 aromatic heterocycles. The molecule has 1 fully saturated rings. The average molecular weight is 451 g/mol. The van der Waals surface area contributed by atoms with E-state index in [1.165, 1.54) is 4.90 Å². The van der Waals surface area contributed by atoms with E-state index in [1.54, 1.807) is 0 Å². The number of carboxylic acids is 1. The van der Waals surface area contributed by atoms with Gasteiger partial charge in [0.25, 0.3) is 0 Å². The van der Waals surface area contributed by atoms with E-state index >= 15 is 0 Å². The molecule has 0 spiro atoms. The summed E-state index contributed by atoms with van der Waals surface area (Å²) in [6, 6.07) is 14.5. The summed E-state index contributed by atoms with van der Waals surface area (Å²) in [7, 11) is 0. The average Bonchev–Trinajstić information content (AvgIpc) is 3.44. The number of fused-ring (bicyclic) bond motifs is 3. The van der Waals surface area contributed by atoms with Gasteiger partial charge >= 0.3 is 12.1 Å². The second-order valence-electron chi connectivity index (χ2n) is 8.86. The first kappa shape index (κ1) is 22.8. The Bertz CT molecular complexity index is 1010. The molecule has 2 aliphatic rings. The molecule has 7 nitrogen and oxygen atoms in total. The summed E-state index contributed by atoms with van der Waals surface area (Å²) in [4.78, 5) is 38.9.